The third-order valence-corrected chi connectivity index (χ3v) is 6.39. The van der Waals surface area contributed by atoms with E-state index < -0.39 is 0 Å². The standard InChI is InChI=1S/C21H25N3O3S/c1-26-15-8-7-13(11-16(15)27-2)9-10-22-12-18-23-20(25)19-14-5-3-4-6-17(14)28-21(19)24-18/h7-8,11,22H,3-6,9-10,12H2,1-2H3,(H,23,24,25). The Bertz CT molecular complexity index is 1040. The Morgan fingerprint density at radius 3 is 2.82 bits per heavy atom. The Kier molecular flexibility index (Phi) is 5.64. The largest absolute Gasteiger partial charge is 0.493 e. The number of aromatic nitrogens is 2. The number of aromatic amines is 1. The van der Waals surface area contributed by atoms with Gasteiger partial charge in [0.2, 0.25) is 0 Å². The van der Waals surface area contributed by atoms with Gasteiger partial charge in [-0.2, -0.15) is 0 Å². The number of rotatable bonds is 7. The minimum absolute atomic E-state index is 0.00101. The van der Waals surface area contributed by atoms with E-state index in [2.05, 4.69) is 10.3 Å². The Hall–Kier alpha value is -2.38. The number of nitrogens with zero attached hydrogens (tertiary/aromatic N) is 1. The number of hydrogen-bond acceptors (Lipinski definition) is 6. The number of hydrogen-bond donors (Lipinski definition) is 2. The Labute approximate surface area is 167 Å². The second-order valence-corrected chi connectivity index (χ2v) is 8.10. The van der Waals surface area contributed by atoms with E-state index in [1.54, 1.807) is 25.6 Å². The van der Waals surface area contributed by atoms with E-state index in [9.17, 15) is 4.79 Å². The molecule has 4 rings (SSSR count). The SMILES string of the molecule is COc1ccc(CCNCc2nc3sc4c(c3c(=O)[nH]2)CCCC4)cc1OC. The van der Waals surface area contributed by atoms with Gasteiger partial charge < -0.3 is 19.8 Å². The van der Waals surface area contributed by atoms with Crippen LogP contribution in [-0.2, 0) is 25.8 Å². The normalized spacial score (nSPS) is 13.5. The van der Waals surface area contributed by atoms with Gasteiger partial charge in [-0.05, 0) is 61.9 Å². The molecule has 6 nitrogen and oxygen atoms in total. The second-order valence-electron chi connectivity index (χ2n) is 7.02. The Morgan fingerprint density at radius 2 is 2.00 bits per heavy atom. The molecule has 0 amide bonds. The zero-order valence-electron chi connectivity index (χ0n) is 16.3. The highest BCUT2D eigenvalue weighted by Gasteiger charge is 2.19. The first kappa shape index (κ1) is 19.0. The molecule has 3 aromatic rings. The fraction of sp³-hybridized carbons (Fsp3) is 0.429. The van der Waals surface area contributed by atoms with Crippen LogP contribution in [0.1, 0.15) is 34.7 Å². The van der Waals surface area contributed by atoms with Crippen molar-refractivity contribution in [3.05, 3.63) is 50.4 Å². The number of thiophene rings is 1. The lowest BCUT2D eigenvalue weighted by Gasteiger charge is -2.10. The van der Waals surface area contributed by atoms with E-state index in [4.69, 9.17) is 14.5 Å². The van der Waals surface area contributed by atoms with Gasteiger partial charge in [0.15, 0.2) is 11.5 Å². The average molecular weight is 400 g/mol. The number of fused-ring (bicyclic) bond motifs is 3. The van der Waals surface area contributed by atoms with Gasteiger partial charge in [-0.1, -0.05) is 6.07 Å². The summed E-state index contributed by atoms with van der Waals surface area (Å²) in [6, 6.07) is 5.94. The highest BCUT2D eigenvalue weighted by atomic mass is 32.1. The van der Waals surface area contributed by atoms with Gasteiger partial charge in [-0.3, -0.25) is 4.79 Å². The molecule has 2 heterocycles. The van der Waals surface area contributed by atoms with E-state index in [1.807, 2.05) is 18.2 Å². The van der Waals surface area contributed by atoms with Gasteiger partial charge in [0.05, 0.1) is 26.2 Å². The third-order valence-electron chi connectivity index (χ3n) is 5.20. The molecule has 2 aromatic heterocycles. The van der Waals surface area contributed by atoms with Crippen molar-refractivity contribution in [2.45, 2.75) is 38.6 Å². The molecule has 7 heteroatoms. The maximum Gasteiger partial charge on any atom is 0.259 e. The molecule has 148 valence electrons. The van der Waals surface area contributed by atoms with Gasteiger partial charge in [0, 0.05) is 4.88 Å². The molecule has 0 spiro atoms. The highest BCUT2D eigenvalue weighted by molar-refractivity contribution is 7.18. The predicted octanol–water partition coefficient (Wildman–Crippen LogP) is 3.21. The number of ether oxygens (including phenoxy) is 2. The summed E-state index contributed by atoms with van der Waals surface area (Å²) < 4.78 is 10.6. The Balaban J connectivity index is 1.40. The predicted molar refractivity (Wildman–Crippen MR) is 112 cm³/mol. The molecule has 0 bridgehead atoms. The van der Waals surface area contributed by atoms with Crippen molar-refractivity contribution in [1.82, 2.24) is 15.3 Å². The number of methoxy groups -OCH3 is 2. The first-order valence-corrected chi connectivity index (χ1v) is 10.5. The number of aryl methyl sites for hydroxylation is 2. The van der Waals surface area contributed by atoms with Crippen molar-refractivity contribution in [3.8, 4) is 11.5 Å². The summed E-state index contributed by atoms with van der Waals surface area (Å²) in [6.07, 6.45) is 5.30. The topological polar surface area (TPSA) is 76.2 Å². The van der Waals surface area contributed by atoms with E-state index in [1.165, 1.54) is 16.9 Å². The second kappa shape index (κ2) is 8.32. The number of benzene rings is 1. The first-order chi connectivity index (χ1) is 13.7. The molecule has 1 aromatic carbocycles. The van der Waals surface area contributed by atoms with Crippen molar-refractivity contribution >= 4 is 21.6 Å². The minimum Gasteiger partial charge on any atom is -0.493 e. The van der Waals surface area contributed by atoms with Gasteiger partial charge in [-0.15, -0.1) is 11.3 Å². The molecule has 0 atom stereocenters. The molecule has 1 aliphatic rings. The summed E-state index contributed by atoms with van der Waals surface area (Å²) in [4.78, 5) is 22.5. The molecule has 0 saturated carbocycles. The van der Waals surface area contributed by atoms with Crippen LogP contribution in [0.5, 0.6) is 11.5 Å². The van der Waals surface area contributed by atoms with E-state index in [0.717, 1.165) is 59.5 Å². The van der Waals surface area contributed by atoms with Gasteiger partial charge >= 0.3 is 0 Å². The summed E-state index contributed by atoms with van der Waals surface area (Å²) >= 11 is 1.69. The lowest BCUT2D eigenvalue weighted by atomic mass is 9.97. The quantitative estimate of drug-likeness (QED) is 0.597. The molecule has 1 aliphatic carbocycles. The van der Waals surface area contributed by atoms with E-state index in [0.29, 0.717) is 12.4 Å². The average Bonchev–Trinajstić information content (AvgIpc) is 3.10. The zero-order chi connectivity index (χ0) is 19.5. The van der Waals surface area contributed by atoms with E-state index in [-0.39, 0.29) is 5.56 Å². The fourth-order valence-corrected chi connectivity index (χ4v) is 5.05. The van der Waals surface area contributed by atoms with Crippen molar-refractivity contribution in [3.63, 3.8) is 0 Å². The molecule has 0 saturated heterocycles. The molecule has 2 N–H and O–H groups in total. The Morgan fingerprint density at radius 1 is 1.18 bits per heavy atom. The van der Waals surface area contributed by atoms with Crippen molar-refractivity contribution < 1.29 is 9.47 Å². The maximum absolute atomic E-state index is 12.6. The summed E-state index contributed by atoms with van der Waals surface area (Å²) in [5.74, 6) is 2.16. The minimum atomic E-state index is 0.00101. The first-order valence-electron chi connectivity index (χ1n) is 9.64. The van der Waals surface area contributed by atoms with Crippen LogP contribution in [0.4, 0.5) is 0 Å². The van der Waals surface area contributed by atoms with Crippen LogP contribution in [0, 0.1) is 0 Å². The van der Waals surface area contributed by atoms with Crippen LogP contribution in [0.25, 0.3) is 10.2 Å². The van der Waals surface area contributed by atoms with Gasteiger partial charge in [0.25, 0.3) is 5.56 Å². The van der Waals surface area contributed by atoms with Crippen LogP contribution >= 0.6 is 11.3 Å². The molecule has 0 aliphatic heterocycles. The van der Waals surface area contributed by atoms with Crippen LogP contribution < -0.4 is 20.3 Å². The maximum atomic E-state index is 12.6. The fourth-order valence-electron chi connectivity index (χ4n) is 3.77. The smallest absolute Gasteiger partial charge is 0.259 e. The number of nitrogens with one attached hydrogen (secondary N) is 2. The van der Waals surface area contributed by atoms with Crippen LogP contribution in [0.3, 0.4) is 0 Å². The third kappa shape index (κ3) is 3.77. The monoisotopic (exact) mass is 399 g/mol. The van der Waals surface area contributed by atoms with Crippen molar-refractivity contribution in [1.29, 1.82) is 0 Å². The molecule has 0 radical (unpaired) electrons. The summed E-state index contributed by atoms with van der Waals surface area (Å²) in [5, 5.41) is 4.18. The molecule has 0 unspecified atom stereocenters. The zero-order valence-corrected chi connectivity index (χ0v) is 17.1. The van der Waals surface area contributed by atoms with Crippen molar-refractivity contribution in [2.75, 3.05) is 20.8 Å². The molecule has 28 heavy (non-hydrogen) atoms. The van der Waals surface area contributed by atoms with E-state index >= 15 is 0 Å². The van der Waals surface area contributed by atoms with Crippen LogP contribution in [-0.4, -0.2) is 30.7 Å². The summed E-state index contributed by atoms with van der Waals surface area (Å²) in [7, 11) is 3.27. The lowest BCUT2D eigenvalue weighted by Crippen LogP contribution is -2.21. The molecular formula is C21H25N3O3S. The highest BCUT2D eigenvalue weighted by Crippen LogP contribution is 2.33. The molecular weight excluding hydrogens is 374 g/mol. The molecule has 0 fully saturated rings. The summed E-state index contributed by atoms with van der Waals surface area (Å²) in [5.41, 5.74) is 2.39. The van der Waals surface area contributed by atoms with Gasteiger partial charge in [0.1, 0.15) is 10.7 Å². The summed E-state index contributed by atoms with van der Waals surface area (Å²) in [6.45, 7) is 1.32. The lowest BCUT2D eigenvalue weighted by molar-refractivity contribution is 0.354. The van der Waals surface area contributed by atoms with Crippen molar-refractivity contribution in [2.24, 2.45) is 0 Å². The van der Waals surface area contributed by atoms with Crippen LogP contribution in [0.15, 0.2) is 23.0 Å². The number of H-pyrrole nitrogens is 1. The van der Waals surface area contributed by atoms with Gasteiger partial charge in [-0.25, -0.2) is 4.98 Å². The van der Waals surface area contributed by atoms with Crippen LogP contribution in [0.2, 0.25) is 0 Å².